The number of thioether (sulfide) groups is 1. The largest absolute Gasteiger partial charge is 0.435 e. The third-order valence-corrected chi connectivity index (χ3v) is 5.85. The molecular formula is C26H22F2N4O2S. The quantitative estimate of drug-likeness (QED) is 0.297. The maximum Gasteiger partial charge on any atom is 0.387 e. The van der Waals surface area contributed by atoms with Crippen molar-refractivity contribution in [3.8, 4) is 28.3 Å². The Kier molecular flexibility index (Phi) is 7.67. The number of aromatic nitrogens is 3. The fraction of sp³-hybridized carbons (Fsp3) is 0.154. The highest BCUT2D eigenvalue weighted by Crippen LogP contribution is 2.30. The number of halogens is 2. The van der Waals surface area contributed by atoms with E-state index in [1.54, 1.807) is 0 Å². The summed E-state index contributed by atoms with van der Waals surface area (Å²) >= 11 is 1.16. The van der Waals surface area contributed by atoms with Gasteiger partial charge in [-0.25, -0.2) is 4.98 Å². The maximum absolute atomic E-state index is 12.4. The molecule has 1 N–H and O–H groups in total. The van der Waals surface area contributed by atoms with Crippen molar-refractivity contribution in [2.24, 2.45) is 0 Å². The van der Waals surface area contributed by atoms with Crippen molar-refractivity contribution >= 4 is 23.4 Å². The normalized spacial score (nSPS) is 10.9. The molecule has 0 aliphatic carbocycles. The zero-order valence-corrected chi connectivity index (χ0v) is 19.9. The maximum atomic E-state index is 12.4. The smallest absolute Gasteiger partial charge is 0.387 e. The van der Waals surface area contributed by atoms with Crippen LogP contribution in [0.3, 0.4) is 0 Å². The Morgan fingerprint density at radius 3 is 2.00 bits per heavy atom. The molecule has 0 saturated heterocycles. The lowest BCUT2D eigenvalue weighted by Gasteiger charge is -2.10. The predicted molar refractivity (Wildman–Crippen MR) is 133 cm³/mol. The summed E-state index contributed by atoms with van der Waals surface area (Å²) in [7, 11) is 0. The molecule has 35 heavy (non-hydrogen) atoms. The predicted octanol–water partition coefficient (Wildman–Crippen LogP) is 6.15. The van der Waals surface area contributed by atoms with Crippen LogP contribution < -0.4 is 10.1 Å². The first-order valence-electron chi connectivity index (χ1n) is 10.7. The molecule has 0 aliphatic rings. The summed E-state index contributed by atoms with van der Waals surface area (Å²) in [6, 6.07) is 21.7. The van der Waals surface area contributed by atoms with Gasteiger partial charge in [0.2, 0.25) is 11.1 Å². The molecule has 4 aromatic rings. The number of amides is 1. The highest BCUT2D eigenvalue weighted by Gasteiger charge is 2.15. The van der Waals surface area contributed by atoms with Gasteiger partial charge in [-0.2, -0.15) is 8.78 Å². The lowest BCUT2D eigenvalue weighted by atomic mass is 10.0. The molecule has 6 nitrogen and oxygen atoms in total. The monoisotopic (exact) mass is 492 g/mol. The van der Waals surface area contributed by atoms with E-state index in [4.69, 9.17) is 4.98 Å². The van der Waals surface area contributed by atoms with Crippen molar-refractivity contribution in [2.75, 3.05) is 11.1 Å². The summed E-state index contributed by atoms with van der Waals surface area (Å²) in [6.45, 7) is 1.13. The van der Waals surface area contributed by atoms with Crippen LogP contribution in [0.25, 0.3) is 22.5 Å². The molecule has 1 amide bonds. The van der Waals surface area contributed by atoms with E-state index in [0.717, 1.165) is 34.0 Å². The van der Waals surface area contributed by atoms with E-state index in [9.17, 15) is 13.6 Å². The molecule has 0 bridgehead atoms. The highest BCUT2D eigenvalue weighted by atomic mass is 32.2. The van der Waals surface area contributed by atoms with Crippen molar-refractivity contribution in [3.63, 3.8) is 0 Å². The molecule has 1 aromatic heterocycles. The lowest BCUT2D eigenvalue weighted by Crippen LogP contribution is -2.14. The Bertz CT molecular complexity index is 1300. The van der Waals surface area contributed by atoms with Gasteiger partial charge in [0.1, 0.15) is 17.1 Å². The number of hydrogen-bond acceptors (Lipinski definition) is 6. The van der Waals surface area contributed by atoms with E-state index in [-0.39, 0.29) is 17.4 Å². The topological polar surface area (TPSA) is 77.0 Å². The van der Waals surface area contributed by atoms with Crippen LogP contribution >= 0.6 is 11.8 Å². The van der Waals surface area contributed by atoms with Gasteiger partial charge in [0, 0.05) is 16.8 Å². The number of nitrogens with zero attached hydrogens (tertiary/aromatic N) is 3. The third-order valence-electron chi connectivity index (χ3n) is 5.01. The number of anilines is 1. The average molecular weight is 493 g/mol. The van der Waals surface area contributed by atoms with Gasteiger partial charge >= 0.3 is 6.61 Å². The molecule has 0 fully saturated rings. The summed E-state index contributed by atoms with van der Waals surface area (Å²) in [5.41, 5.74) is 5.88. The number of ether oxygens (including phenoxy) is 1. The fourth-order valence-corrected chi connectivity index (χ4v) is 3.82. The third kappa shape index (κ3) is 6.60. The van der Waals surface area contributed by atoms with E-state index >= 15 is 0 Å². The van der Waals surface area contributed by atoms with E-state index in [0.29, 0.717) is 22.2 Å². The summed E-state index contributed by atoms with van der Waals surface area (Å²) in [4.78, 5) is 17.1. The number of benzene rings is 3. The van der Waals surface area contributed by atoms with Gasteiger partial charge in [-0.05, 0) is 38.1 Å². The van der Waals surface area contributed by atoms with E-state index in [1.807, 2.05) is 62.4 Å². The first-order valence-corrected chi connectivity index (χ1v) is 11.7. The molecule has 0 saturated carbocycles. The number of alkyl halides is 2. The van der Waals surface area contributed by atoms with Gasteiger partial charge in [0.25, 0.3) is 0 Å². The standard InChI is InChI=1S/C26H22F2N4O2S/c1-16-3-7-18(8-4-16)23-24(19-9-5-17(2)6-10-19)31-32-26(30-23)35-15-22(33)29-20-11-13-21(14-12-20)34-25(27)28/h3-14,25H,15H2,1-2H3,(H,29,33). The second-order valence-electron chi connectivity index (χ2n) is 7.76. The SMILES string of the molecule is Cc1ccc(-c2nnc(SCC(=O)Nc3ccc(OC(F)F)cc3)nc2-c2ccc(C)cc2)cc1. The second-order valence-corrected chi connectivity index (χ2v) is 8.71. The van der Waals surface area contributed by atoms with Crippen LogP contribution in [0.15, 0.2) is 78.0 Å². The van der Waals surface area contributed by atoms with Gasteiger partial charge < -0.3 is 10.1 Å². The number of hydrogen-bond donors (Lipinski definition) is 1. The minimum absolute atomic E-state index is 0.0177. The van der Waals surface area contributed by atoms with E-state index in [2.05, 4.69) is 20.3 Å². The zero-order valence-electron chi connectivity index (χ0n) is 19.0. The first kappa shape index (κ1) is 24.3. The summed E-state index contributed by atoms with van der Waals surface area (Å²) < 4.78 is 28.9. The average Bonchev–Trinajstić information content (AvgIpc) is 2.85. The molecule has 0 aliphatic heterocycles. The lowest BCUT2D eigenvalue weighted by molar-refractivity contribution is -0.113. The van der Waals surface area contributed by atoms with E-state index < -0.39 is 6.61 Å². The van der Waals surface area contributed by atoms with Crippen molar-refractivity contribution in [2.45, 2.75) is 25.6 Å². The van der Waals surface area contributed by atoms with Crippen molar-refractivity contribution in [1.29, 1.82) is 0 Å². The summed E-state index contributed by atoms with van der Waals surface area (Å²) in [5, 5.41) is 11.7. The molecule has 0 atom stereocenters. The Labute approximate surface area is 205 Å². The van der Waals surface area contributed by atoms with Gasteiger partial charge in [-0.15, -0.1) is 10.2 Å². The molecule has 4 rings (SSSR count). The number of carbonyl (C=O) groups excluding carboxylic acids is 1. The summed E-state index contributed by atoms with van der Waals surface area (Å²) in [5.74, 6) is -0.224. The van der Waals surface area contributed by atoms with Gasteiger partial charge in [-0.1, -0.05) is 71.4 Å². The van der Waals surface area contributed by atoms with Gasteiger partial charge in [-0.3, -0.25) is 4.79 Å². The Balaban J connectivity index is 1.49. The first-order chi connectivity index (χ1) is 16.9. The highest BCUT2D eigenvalue weighted by molar-refractivity contribution is 7.99. The number of rotatable bonds is 8. The molecule has 0 radical (unpaired) electrons. The molecule has 3 aromatic carbocycles. The minimum Gasteiger partial charge on any atom is -0.435 e. The van der Waals surface area contributed by atoms with E-state index in [1.165, 1.54) is 24.3 Å². The molecule has 0 spiro atoms. The van der Waals surface area contributed by atoms with Crippen LogP contribution in [0.1, 0.15) is 11.1 Å². The molecular weight excluding hydrogens is 470 g/mol. The van der Waals surface area contributed by atoms with Crippen molar-refractivity contribution in [1.82, 2.24) is 15.2 Å². The minimum atomic E-state index is -2.90. The van der Waals surface area contributed by atoms with Crippen molar-refractivity contribution < 1.29 is 18.3 Å². The Morgan fingerprint density at radius 2 is 1.43 bits per heavy atom. The number of carbonyl (C=O) groups is 1. The van der Waals surface area contributed by atoms with Crippen LogP contribution in [0.4, 0.5) is 14.5 Å². The van der Waals surface area contributed by atoms with Gasteiger partial charge in [0.05, 0.1) is 5.75 Å². The molecule has 0 unspecified atom stereocenters. The second kappa shape index (κ2) is 11.1. The van der Waals surface area contributed by atoms with Crippen molar-refractivity contribution in [3.05, 3.63) is 83.9 Å². The van der Waals surface area contributed by atoms with Crippen LogP contribution in [-0.4, -0.2) is 33.5 Å². The number of aryl methyl sites for hydroxylation is 2. The van der Waals surface area contributed by atoms with Crippen LogP contribution in [0.5, 0.6) is 5.75 Å². The summed E-state index contributed by atoms with van der Waals surface area (Å²) in [6.07, 6.45) is 0. The molecule has 1 heterocycles. The zero-order chi connectivity index (χ0) is 24.8. The Morgan fingerprint density at radius 1 is 0.857 bits per heavy atom. The Hall–Kier alpha value is -3.85. The number of nitrogens with one attached hydrogen (secondary N) is 1. The molecule has 9 heteroatoms. The van der Waals surface area contributed by atoms with Crippen LogP contribution in [0, 0.1) is 13.8 Å². The van der Waals surface area contributed by atoms with Crippen LogP contribution in [0.2, 0.25) is 0 Å². The molecule has 178 valence electrons. The van der Waals surface area contributed by atoms with Gasteiger partial charge in [0.15, 0.2) is 0 Å². The fourth-order valence-electron chi connectivity index (χ4n) is 3.24. The van der Waals surface area contributed by atoms with Crippen LogP contribution in [-0.2, 0) is 4.79 Å².